The summed E-state index contributed by atoms with van der Waals surface area (Å²) in [5.41, 5.74) is 0. The molecule has 1 heterocycles. The first-order valence-electron chi connectivity index (χ1n) is 14.1. The van der Waals surface area contributed by atoms with Crippen molar-refractivity contribution in [2.24, 2.45) is 0 Å². The third-order valence-corrected chi connectivity index (χ3v) is 6.57. The van der Waals surface area contributed by atoms with E-state index in [2.05, 4.69) is 129 Å². The standard InChI is InChI=1S/C27H57N9/c1-19(2)34(20(3)4)16-13-28-25-31-26(29-14-17-35(21(5)6)22(7)8)33-27(32-25)30-15-18-36(23(9)10)24(11)12/h19-24H,13-18H2,1-12H3,(H3,28,29,30,31,32,33). The third kappa shape index (κ3) is 11.6. The largest absolute Gasteiger partial charge is 0.353 e. The molecule has 9 heteroatoms. The van der Waals surface area contributed by atoms with Crippen molar-refractivity contribution in [1.82, 2.24) is 29.7 Å². The van der Waals surface area contributed by atoms with E-state index >= 15 is 0 Å². The van der Waals surface area contributed by atoms with Gasteiger partial charge >= 0.3 is 0 Å². The molecule has 0 aliphatic carbocycles. The molecule has 0 atom stereocenters. The summed E-state index contributed by atoms with van der Waals surface area (Å²) in [6.45, 7) is 32.0. The molecule has 36 heavy (non-hydrogen) atoms. The lowest BCUT2D eigenvalue weighted by Crippen LogP contribution is -2.40. The molecule has 0 aliphatic rings. The molecule has 1 aromatic heterocycles. The van der Waals surface area contributed by atoms with E-state index in [-0.39, 0.29) is 0 Å². The highest BCUT2D eigenvalue weighted by atomic mass is 15.3. The van der Waals surface area contributed by atoms with Crippen molar-refractivity contribution >= 4 is 17.8 Å². The zero-order chi connectivity index (χ0) is 27.4. The molecule has 0 saturated heterocycles. The number of nitrogens with zero attached hydrogens (tertiary/aromatic N) is 6. The maximum absolute atomic E-state index is 4.67. The number of hydrogen-bond donors (Lipinski definition) is 3. The highest BCUT2D eigenvalue weighted by Crippen LogP contribution is 2.12. The number of aromatic nitrogens is 3. The molecule has 3 N–H and O–H groups in total. The molecule has 0 bridgehead atoms. The molecule has 0 spiro atoms. The minimum absolute atomic E-state index is 0.495. The van der Waals surface area contributed by atoms with Gasteiger partial charge in [0.15, 0.2) is 0 Å². The van der Waals surface area contributed by atoms with E-state index in [0.29, 0.717) is 54.1 Å². The smallest absolute Gasteiger partial charge is 0.229 e. The van der Waals surface area contributed by atoms with E-state index in [4.69, 9.17) is 0 Å². The monoisotopic (exact) mass is 507 g/mol. The Kier molecular flexibility index (Phi) is 14.5. The second-order valence-electron chi connectivity index (χ2n) is 11.4. The van der Waals surface area contributed by atoms with E-state index in [0.717, 1.165) is 39.3 Å². The van der Waals surface area contributed by atoms with Crippen LogP contribution in [0.3, 0.4) is 0 Å². The molecular weight excluding hydrogens is 450 g/mol. The van der Waals surface area contributed by atoms with Gasteiger partial charge < -0.3 is 16.0 Å². The number of rotatable bonds is 18. The average molecular weight is 508 g/mol. The Morgan fingerprint density at radius 2 is 0.611 bits per heavy atom. The Labute approximate surface area is 222 Å². The molecule has 1 aromatic rings. The normalized spacial score (nSPS) is 12.6. The molecule has 0 fully saturated rings. The van der Waals surface area contributed by atoms with Crippen LogP contribution >= 0.6 is 0 Å². The first-order chi connectivity index (χ1) is 16.8. The van der Waals surface area contributed by atoms with E-state index in [1.165, 1.54) is 0 Å². The predicted molar refractivity (Wildman–Crippen MR) is 156 cm³/mol. The van der Waals surface area contributed by atoms with Gasteiger partial charge in [-0.2, -0.15) is 15.0 Å². The maximum atomic E-state index is 4.67. The number of hydrogen-bond acceptors (Lipinski definition) is 9. The van der Waals surface area contributed by atoms with Gasteiger partial charge in [-0.05, 0) is 83.1 Å². The highest BCUT2D eigenvalue weighted by molar-refractivity contribution is 5.42. The van der Waals surface area contributed by atoms with Crippen LogP contribution in [0.2, 0.25) is 0 Å². The van der Waals surface area contributed by atoms with Crippen LogP contribution in [0.25, 0.3) is 0 Å². The Morgan fingerprint density at radius 1 is 0.417 bits per heavy atom. The first-order valence-corrected chi connectivity index (χ1v) is 14.1. The van der Waals surface area contributed by atoms with Crippen LogP contribution in [0.1, 0.15) is 83.1 Å². The van der Waals surface area contributed by atoms with Crippen molar-refractivity contribution in [3.8, 4) is 0 Å². The number of nitrogens with one attached hydrogen (secondary N) is 3. The maximum Gasteiger partial charge on any atom is 0.229 e. The van der Waals surface area contributed by atoms with Crippen molar-refractivity contribution < 1.29 is 0 Å². The van der Waals surface area contributed by atoms with Crippen LogP contribution in [0.5, 0.6) is 0 Å². The van der Waals surface area contributed by atoms with Crippen molar-refractivity contribution in [3.05, 3.63) is 0 Å². The summed E-state index contributed by atoms with van der Waals surface area (Å²) >= 11 is 0. The van der Waals surface area contributed by atoms with Gasteiger partial charge in [-0.1, -0.05) is 0 Å². The zero-order valence-electron chi connectivity index (χ0n) is 25.4. The molecule has 0 saturated carbocycles. The number of anilines is 3. The van der Waals surface area contributed by atoms with E-state index in [1.54, 1.807) is 0 Å². The topological polar surface area (TPSA) is 84.5 Å². The van der Waals surface area contributed by atoms with Crippen LogP contribution in [0, 0.1) is 0 Å². The summed E-state index contributed by atoms with van der Waals surface area (Å²) in [5, 5.41) is 10.3. The summed E-state index contributed by atoms with van der Waals surface area (Å²) in [4.78, 5) is 21.4. The van der Waals surface area contributed by atoms with Gasteiger partial charge in [0.2, 0.25) is 17.8 Å². The Morgan fingerprint density at radius 3 is 0.778 bits per heavy atom. The van der Waals surface area contributed by atoms with Gasteiger partial charge in [0, 0.05) is 75.5 Å². The lowest BCUT2D eigenvalue weighted by Gasteiger charge is -2.31. The summed E-state index contributed by atoms with van der Waals surface area (Å²) in [6, 6.07) is 2.97. The molecule has 210 valence electrons. The Bertz CT molecular complexity index is 588. The van der Waals surface area contributed by atoms with E-state index < -0.39 is 0 Å². The average Bonchev–Trinajstić information content (AvgIpc) is 2.75. The van der Waals surface area contributed by atoms with Crippen LogP contribution in [-0.4, -0.2) is 105 Å². The van der Waals surface area contributed by atoms with Crippen molar-refractivity contribution in [3.63, 3.8) is 0 Å². The Hall–Kier alpha value is -1.71. The highest BCUT2D eigenvalue weighted by Gasteiger charge is 2.16. The third-order valence-electron chi connectivity index (χ3n) is 6.57. The summed E-state index contributed by atoms with van der Waals surface area (Å²) in [7, 11) is 0. The molecule has 9 nitrogen and oxygen atoms in total. The van der Waals surface area contributed by atoms with Gasteiger partial charge in [0.05, 0.1) is 0 Å². The molecule has 0 aromatic carbocycles. The van der Waals surface area contributed by atoms with Crippen LogP contribution in [-0.2, 0) is 0 Å². The van der Waals surface area contributed by atoms with Crippen LogP contribution in [0.15, 0.2) is 0 Å². The fourth-order valence-electron chi connectivity index (χ4n) is 4.84. The van der Waals surface area contributed by atoms with Crippen LogP contribution < -0.4 is 16.0 Å². The van der Waals surface area contributed by atoms with Gasteiger partial charge in [-0.15, -0.1) is 0 Å². The summed E-state index contributed by atoms with van der Waals surface area (Å²) in [6.07, 6.45) is 0. The van der Waals surface area contributed by atoms with Gasteiger partial charge in [0.1, 0.15) is 0 Å². The zero-order valence-corrected chi connectivity index (χ0v) is 25.4. The second kappa shape index (κ2) is 16.2. The molecular formula is C27H57N9. The predicted octanol–water partition coefficient (Wildman–Crippen LogP) is 4.46. The molecule has 0 radical (unpaired) electrons. The molecule has 1 rings (SSSR count). The Balaban J connectivity index is 2.91. The fourth-order valence-corrected chi connectivity index (χ4v) is 4.84. The minimum atomic E-state index is 0.495. The van der Waals surface area contributed by atoms with Gasteiger partial charge in [0.25, 0.3) is 0 Å². The summed E-state index contributed by atoms with van der Waals surface area (Å²) < 4.78 is 0. The van der Waals surface area contributed by atoms with Gasteiger partial charge in [-0.3, -0.25) is 14.7 Å². The fraction of sp³-hybridized carbons (Fsp3) is 0.889. The van der Waals surface area contributed by atoms with Gasteiger partial charge in [-0.25, -0.2) is 0 Å². The molecule has 0 aliphatic heterocycles. The minimum Gasteiger partial charge on any atom is -0.353 e. The lowest BCUT2D eigenvalue weighted by atomic mass is 10.2. The van der Waals surface area contributed by atoms with E-state index in [1.807, 2.05) is 0 Å². The second-order valence-corrected chi connectivity index (χ2v) is 11.4. The molecule has 0 amide bonds. The van der Waals surface area contributed by atoms with Crippen LogP contribution in [0.4, 0.5) is 17.8 Å². The van der Waals surface area contributed by atoms with Crippen molar-refractivity contribution in [2.45, 2.75) is 119 Å². The van der Waals surface area contributed by atoms with Crippen molar-refractivity contribution in [2.75, 3.05) is 55.2 Å². The van der Waals surface area contributed by atoms with E-state index in [9.17, 15) is 0 Å². The molecule has 0 unspecified atom stereocenters. The first kappa shape index (κ1) is 32.3. The lowest BCUT2D eigenvalue weighted by molar-refractivity contribution is 0.182. The van der Waals surface area contributed by atoms with Crippen molar-refractivity contribution in [1.29, 1.82) is 0 Å². The quantitative estimate of drug-likeness (QED) is 0.267. The summed E-state index contributed by atoms with van der Waals surface area (Å²) in [5.74, 6) is 1.82. The SMILES string of the molecule is CC(C)N(CCNc1nc(NCCN(C(C)C)C(C)C)nc(NCCN(C(C)C)C(C)C)n1)C(C)C.